The molecule has 1 atom stereocenters. The highest BCUT2D eigenvalue weighted by atomic mass is 31.0. The third kappa shape index (κ3) is 2.39. The second kappa shape index (κ2) is 4.65. The number of nitrogens with zero attached hydrogens (tertiary/aromatic N) is 1. The van der Waals surface area contributed by atoms with Crippen molar-refractivity contribution in [1.29, 1.82) is 0 Å². The molecule has 0 aliphatic rings. The fraction of sp³-hybridized carbons (Fsp3) is 0.545. The van der Waals surface area contributed by atoms with Gasteiger partial charge in [-0.3, -0.25) is 4.79 Å². The van der Waals surface area contributed by atoms with E-state index in [-0.39, 0.29) is 18.0 Å². The van der Waals surface area contributed by atoms with Gasteiger partial charge in [0.05, 0.1) is 5.30 Å². The predicted octanol–water partition coefficient (Wildman–Crippen LogP) is 2.98. The fourth-order valence-electron chi connectivity index (χ4n) is 1.67. The van der Waals surface area contributed by atoms with E-state index in [1.807, 2.05) is 22.8 Å². The van der Waals surface area contributed by atoms with Crippen LogP contribution in [0.3, 0.4) is 0 Å². The summed E-state index contributed by atoms with van der Waals surface area (Å²) in [5, 5.41) is 0.937. The third-order valence-corrected chi connectivity index (χ3v) is 3.23. The molecule has 2 nitrogen and oxygen atoms in total. The minimum Gasteiger partial charge on any atom is -0.334 e. The molecular weight excluding hydrogens is 193 g/mol. The maximum atomic E-state index is 12.1. The third-order valence-electron chi connectivity index (χ3n) is 2.18. The van der Waals surface area contributed by atoms with Crippen LogP contribution < -0.4 is 0 Å². The largest absolute Gasteiger partial charge is 0.334 e. The molecular formula is C11H18NOP. The number of amides is 1. The van der Waals surface area contributed by atoms with Crippen LogP contribution in [0.1, 0.15) is 37.8 Å². The number of hydrogen-bond acceptors (Lipinski definition) is 1. The van der Waals surface area contributed by atoms with E-state index in [2.05, 4.69) is 27.7 Å². The van der Waals surface area contributed by atoms with Crippen molar-refractivity contribution in [2.75, 3.05) is 0 Å². The van der Waals surface area contributed by atoms with Crippen LogP contribution in [0, 0.1) is 0 Å². The first-order chi connectivity index (χ1) is 6.54. The Hall–Kier alpha value is -0.750. The Bertz CT molecular complexity index is 282. The van der Waals surface area contributed by atoms with Gasteiger partial charge in [0.25, 0.3) is 5.91 Å². The molecule has 1 aromatic heterocycles. The fourth-order valence-corrected chi connectivity index (χ4v) is 2.48. The van der Waals surface area contributed by atoms with Crippen LogP contribution in [0.15, 0.2) is 17.9 Å². The minimum absolute atomic E-state index is 0.193. The quantitative estimate of drug-likeness (QED) is 0.752. The van der Waals surface area contributed by atoms with Gasteiger partial charge >= 0.3 is 0 Å². The molecule has 0 N–H and O–H groups in total. The predicted molar refractivity (Wildman–Crippen MR) is 62.4 cm³/mol. The number of carbonyl (C=O) groups excluding carboxylic acids is 1. The van der Waals surface area contributed by atoms with E-state index in [0.717, 1.165) is 5.30 Å². The van der Waals surface area contributed by atoms with Gasteiger partial charge in [-0.05, 0) is 39.6 Å². The Morgan fingerprint density at radius 3 is 2.21 bits per heavy atom. The molecule has 14 heavy (non-hydrogen) atoms. The number of hydrogen-bond donors (Lipinski definition) is 0. The molecule has 0 radical (unpaired) electrons. The molecule has 1 rings (SSSR count). The lowest BCUT2D eigenvalue weighted by Gasteiger charge is -2.30. The van der Waals surface area contributed by atoms with Crippen LogP contribution in [0.4, 0.5) is 0 Å². The van der Waals surface area contributed by atoms with Crippen molar-refractivity contribution in [2.24, 2.45) is 0 Å². The Labute approximate surface area is 87.4 Å². The van der Waals surface area contributed by atoms with Crippen LogP contribution in [0.5, 0.6) is 0 Å². The van der Waals surface area contributed by atoms with Gasteiger partial charge < -0.3 is 4.90 Å². The molecule has 1 aromatic rings. The summed E-state index contributed by atoms with van der Waals surface area (Å²) in [5.74, 6) is 2.24. The SMILES string of the molecule is CC(C)N(C(=O)c1ccc[pH]1)C(C)C. The Morgan fingerprint density at radius 2 is 1.86 bits per heavy atom. The lowest BCUT2D eigenvalue weighted by molar-refractivity contribution is 0.0649. The average molecular weight is 211 g/mol. The van der Waals surface area contributed by atoms with Gasteiger partial charge in [0, 0.05) is 12.1 Å². The smallest absolute Gasteiger partial charge is 0.258 e. The van der Waals surface area contributed by atoms with Gasteiger partial charge in [-0.15, -0.1) is 8.19 Å². The lowest BCUT2D eigenvalue weighted by atomic mass is 10.2. The van der Waals surface area contributed by atoms with Crippen molar-refractivity contribution in [3.63, 3.8) is 0 Å². The van der Waals surface area contributed by atoms with Crippen LogP contribution in [-0.2, 0) is 0 Å². The van der Waals surface area contributed by atoms with E-state index in [9.17, 15) is 4.79 Å². The maximum Gasteiger partial charge on any atom is 0.258 e. The van der Waals surface area contributed by atoms with Crippen LogP contribution in [-0.4, -0.2) is 22.9 Å². The van der Waals surface area contributed by atoms with Crippen LogP contribution >= 0.6 is 8.19 Å². The van der Waals surface area contributed by atoms with Crippen molar-refractivity contribution in [3.8, 4) is 0 Å². The van der Waals surface area contributed by atoms with Crippen molar-refractivity contribution < 1.29 is 4.79 Å². The van der Waals surface area contributed by atoms with Gasteiger partial charge in [0.2, 0.25) is 0 Å². The van der Waals surface area contributed by atoms with E-state index in [1.54, 1.807) is 0 Å². The number of carbonyl (C=O) groups is 1. The van der Waals surface area contributed by atoms with Gasteiger partial charge in [-0.25, -0.2) is 0 Å². The van der Waals surface area contributed by atoms with E-state index in [0.29, 0.717) is 8.19 Å². The molecule has 0 spiro atoms. The molecule has 78 valence electrons. The van der Waals surface area contributed by atoms with Gasteiger partial charge in [-0.2, -0.15) is 0 Å². The number of rotatable bonds is 3. The summed E-state index contributed by atoms with van der Waals surface area (Å²) < 4.78 is 0. The zero-order valence-electron chi connectivity index (χ0n) is 9.24. The topological polar surface area (TPSA) is 20.3 Å². The van der Waals surface area contributed by atoms with Gasteiger partial charge in [0.1, 0.15) is 0 Å². The molecule has 0 saturated carbocycles. The molecule has 0 fully saturated rings. The van der Waals surface area contributed by atoms with Crippen molar-refractivity contribution in [3.05, 3.63) is 23.2 Å². The van der Waals surface area contributed by atoms with E-state index < -0.39 is 0 Å². The monoisotopic (exact) mass is 211 g/mol. The summed E-state index contributed by atoms with van der Waals surface area (Å²) in [6, 6.07) is 4.44. The first-order valence-corrected chi connectivity index (χ1v) is 6.07. The minimum atomic E-state index is 0.193. The summed E-state index contributed by atoms with van der Waals surface area (Å²) >= 11 is 0. The normalized spacial score (nSPS) is 11.6. The second-order valence-corrected chi connectivity index (χ2v) is 5.14. The molecule has 0 saturated heterocycles. The van der Waals surface area contributed by atoms with E-state index >= 15 is 0 Å². The first-order valence-electron chi connectivity index (χ1n) is 5.00. The van der Waals surface area contributed by atoms with E-state index in [4.69, 9.17) is 0 Å². The Morgan fingerprint density at radius 1 is 1.29 bits per heavy atom. The molecule has 1 unspecified atom stereocenters. The standard InChI is InChI=1S/C11H18NOP/c1-8(2)12(9(3)4)11(13)10-6-5-7-14-10/h5-9,14H,1-4H3. The molecule has 1 amide bonds. The van der Waals surface area contributed by atoms with Gasteiger partial charge in [-0.1, -0.05) is 6.07 Å². The summed E-state index contributed by atoms with van der Waals surface area (Å²) in [5.41, 5.74) is 0. The summed E-state index contributed by atoms with van der Waals surface area (Å²) in [4.78, 5) is 14.0. The lowest BCUT2D eigenvalue weighted by Crippen LogP contribution is -2.41. The van der Waals surface area contributed by atoms with Crippen molar-refractivity contribution in [2.45, 2.75) is 39.8 Å². The summed E-state index contributed by atoms with van der Waals surface area (Å²) in [7, 11) is 0.548. The molecule has 0 aliphatic carbocycles. The molecule has 1 heterocycles. The summed E-state index contributed by atoms with van der Waals surface area (Å²) in [6.07, 6.45) is 0. The van der Waals surface area contributed by atoms with E-state index in [1.165, 1.54) is 0 Å². The van der Waals surface area contributed by atoms with Crippen LogP contribution in [0.2, 0.25) is 0 Å². The van der Waals surface area contributed by atoms with Crippen LogP contribution in [0.25, 0.3) is 0 Å². The van der Waals surface area contributed by atoms with Crippen molar-refractivity contribution >= 4 is 14.1 Å². The molecule has 0 aliphatic heterocycles. The van der Waals surface area contributed by atoms with Gasteiger partial charge in [0.15, 0.2) is 0 Å². The summed E-state index contributed by atoms with van der Waals surface area (Å²) in [6.45, 7) is 8.24. The molecule has 0 aromatic carbocycles. The average Bonchev–Trinajstić information content (AvgIpc) is 2.53. The van der Waals surface area contributed by atoms with Crippen molar-refractivity contribution in [1.82, 2.24) is 4.90 Å². The zero-order chi connectivity index (χ0) is 10.7. The molecule has 3 heteroatoms. The Kier molecular flexibility index (Phi) is 3.77. The zero-order valence-corrected chi connectivity index (χ0v) is 10.2. The Balaban J connectivity index is 2.85. The first kappa shape index (κ1) is 11.3. The molecule has 0 bridgehead atoms. The maximum absolute atomic E-state index is 12.1. The second-order valence-electron chi connectivity index (χ2n) is 3.98. The highest BCUT2D eigenvalue weighted by Gasteiger charge is 2.21. The highest BCUT2D eigenvalue weighted by Crippen LogP contribution is 2.19. The highest BCUT2D eigenvalue weighted by molar-refractivity contribution is 7.31.